The average Bonchev–Trinajstić information content (AvgIpc) is 3.33. The van der Waals surface area contributed by atoms with E-state index in [1.807, 2.05) is 80.1 Å². The normalized spacial score (nSPS) is 10.6. The Morgan fingerprint density at radius 3 is 2.51 bits per heavy atom. The summed E-state index contributed by atoms with van der Waals surface area (Å²) in [4.78, 5) is 13.0. The number of para-hydroxylation sites is 1. The number of ether oxygens (including phenoxy) is 2. The SMILES string of the molecule is COC(=O)c1cc(C)sc1NC(=S)Nc1c(C)nn(Cc2cccc(Oc3ccccc3)c2)c1C. The number of aromatic nitrogens is 2. The van der Waals surface area contributed by atoms with Gasteiger partial charge >= 0.3 is 5.97 Å². The van der Waals surface area contributed by atoms with Crippen LogP contribution in [0.4, 0.5) is 10.7 Å². The van der Waals surface area contributed by atoms with Gasteiger partial charge in [-0.3, -0.25) is 4.68 Å². The summed E-state index contributed by atoms with van der Waals surface area (Å²) in [6, 6.07) is 19.4. The lowest BCUT2D eigenvalue weighted by molar-refractivity contribution is 0.0602. The van der Waals surface area contributed by atoms with E-state index in [0.717, 1.165) is 39.0 Å². The first kappa shape index (κ1) is 24.4. The van der Waals surface area contributed by atoms with E-state index in [0.29, 0.717) is 22.2 Å². The molecule has 0 bridgehead atoms. The van der Waals surface area contributed by atoms with Crippen molar-refractivity contribution in [3.63, 3.8) is 0 Å². The lowest BCUT2D eigenvalue weighted by atomic mass is 10.2. The number of rotatable bonds is 7. The molecule has 0 amide bonds. The number of methoxy groups -OCH3 is 1. The van der Waals surface area contributed by atoms with Gasteiger partial charge in [-0.05, 0) is 68.9 Å². The zero-order valence-electron chi connectivity index (χ0n) is 19.9. The standard InChI is InChI=1S/C26H26N4O3S2/c1-16-13-22(25(31)32-4)24(35-16)28-26(34)27-23-17(2)29-30(18(23)3)15-19-9-8-12-21(14-19)33-20-10-6-5-7-11-20/h5-14H,15H2,1-4H3,(H2,27,28,34). The third-order valence-corrected chi connectivity index (χ3v) is 6.49. The fourth-order valence-corrected chi connectivity index (χ4v) is 4.83. The molecule has 0 spiro atoms. The van der Waals surface area contributed by atoms with E-state index in [4.69, 9.17) is 26.8 Å². The Kier molecular flexibility index (Phi) is 7.48. The van der Waals surface area contributed by atoms with Crippen LogP contribution in [-0.2, 0) is 11.3 Å². The fraction of sp³-hybridized carbons (Fsp3) is 0.192. The van der Waals surface area contributed by atoms with Crippen molar-refractivity contribution in [2.24, 2.45) is 0 Å². The second-order valence-electron chi connectivity index (χ2n) is 7.94. The van der Waals surface area contributed by atoms with E-state index < -0.39 is 5.97 Å². The van der Waals surface area contributed by atoms with Crippen LogP contribution in [-0.4, -0.2) is 28.0 Å². The monoisotopic (exact) mass is 506 g/mol. The average molecular weight is 507 g/mol. The number of anilines is 2. The molecule has 4 rings (SSSR count). The summed E-state index contributed by atoms with van der Waals surface area (Å²) in [6.45, 7) is 6.43. The highest BCUT2D eigenvalue weighted by molar-refractivity contribution is 7.80. The summed E-state index contributed by atoms with van der Waals surface area (Å²) < 4.78 is 12.8. The molecule has 0 aliphatic rings. The zero-order chi connectivity index (χ0) is 24.9. The molecule has 2 aromatic carbocycles. The van der Waals surface area contributed by atoms with Crippen molar-refractivity contribution in [1.29, 1.82) is 0 Å². The van der Waals surface area contributed by atoms with E-state index >= 15 is 0 Å². The van der Waals surface area contributed by atoms with Crippen LogP contribution in [0.15, 0.2) is 60.7 Å². The van der Waals surface area contributed by atoms with Gasteiger partial charge in [0.25, 0.3) is 0 Å². The van der Waals surface area contributed by atoms with Crippen molar-refractivity contribution in [2.45, 2.75) is 27.3 Å². The first-order valence-electron chi connectivity index (χ1n) is 11.0. The molecule has 0 fully saturated rings. The highest BCUT2D eigenvalue weighted by Gasteiger charge is 2.18. The Labute approximate surface area is 213 Å². The molecule has 2 heterocycles. The Balaban J connectivity index is 1.47. The number of thiocarbonyl (C=S) groups is 1. The van der Waals surface area contributed by atoms with E-state index in [9.17, 15) is 4.79 Å². The van der Waals surface area contributed by atoms with Crippen LogP contribution in [0.3, 0.4) is 0 Å². The van der Waals surface area contributed by atoms with Crippen molar-refractivity contribution in [1.82, 2.24) is 9.78 Å². The Morgan fingerprint density at radius 1 is 1.03 bits per heavy atom. The van der Waals surface area contributed by atoms with Gasteiger partial charge in [-0.25, -0.2) is 4.79 Å². The van der Waals surface area contributed by atoms with Gasteiger partial charge in [-0.2, -0.15) is 5.10 Å². The highest BCUT2D eigenvalue weighted by atomic mass is 32.1. The molecule has 4 aromatic rings. The molecule has 0 radical (unpaired) electrons. The molecule has 9 heteroatoms. The number of nitrogens with zero attached hydrogens (tertiary/aromatic N) is 2. The number of hydrogen-bond donors (Lipinski definition) is 2. The number of carbonyl (C=O) groups excluding carboxylic acids is 1. The third kappa shape index (κ3) is 5.87. The van der Waals surface area contributed by atoms with Gasteiger partial charge in [0.2, 0.25) is 0 Å². The van der Waals surface area contributed by atoms with Crippen LogP contribution in [0.1, 0.15) is 32.2 Å². The Hall–Kier alpha value is -3.69. The largest absolute Gasteiger partial charge is 0.465 e. The fourth-order valence-electron chi connectivity index (χ4n) is 3.65. The first-order chi connectivity index (χ1) is 16.8. The van der Waals surface area contributed by atoms with Gasteiger partial charge in [0, 0.05) is 4.88 Å². The number of benzene rings is 2. The molecule has 2 N–H and O–H groups in total. The van der Waals surface area contributed by atoms with Gasteiger partial charge < -0.3 is 20.1 Å². The Bertz CT molecular complexity index is 1360. The van der Waals surface area contributed by atoms with Gasteiger partial charge in [0.1, 0.15) is 16.5 Å². The van der Waals surface area contributed by atoms with Crippen LogP contribution < -0.4 is 15.4 Å². The maximum atomic E-state index is 12.1. The smallest absolute Gasteiger partial charge is 0.340 e. The van der Waals surface area contributed by atoms with Crippen molar-refractivity contribution in [3.05, 3.63) is 88.1 Å². The molecule has 2 aromatic heterocycles. The number of aryl methyl sites for hydroxylation is 2. The molecule has 7 nitrogen and oxygen atoms in total. The number of hydrogen-bond acceptors (Lipinski definition) is 6. The third-order valence-electron chi connectivity index (χ3n) is 5.32. The predicted molar refractivity (Wildman–Crippen MR) is 144 cm³/mol. The maximum absolute atomic E-state index is 12.1. The molecule has 0 atom stereocenters. The van der Waals surface area contributed by atoms with Crippen molar-refractivity contribution in [3.8, 4) is 11.5 Å². The van der Waals surface area contributed by atoms with Crippen LogP contribution >= 0.6 is 23.6 Å². The molecule has 35 heavy (non-hydrogen) atoms. The molecular formula is C26H26N4O3S2. The molecule has 180 valence electrons. The van der Waals surface area contributed by atoms with Crippen molar-refractivity contribution < 1.29 is 14.3 Å². The van der Waals surface area contributed by atoms with Crippen LogP contribution in [0.25, 0.3) is 0 Å². The topological polar surface area (TPSA) is 77.4 Å². The number of nitrogens with one attached hydrogen (secondary N) is 2. The maximum Gasteiger partial charge on any atom is 0.340 e. The molecule has 0 saturated heterocycles. The second-order valence-corrected chi connectivity index (χ2v) is 9.60. The van der Waals surface area contributed by atoms with Crippen LogP contribution in [0.2, 0.25) is 0 Å². The minimum atomic E-state index is -0.404. The van der Waals surface area contributed by atoms with Gasteiger partial charge in [0.05, 0.1) is 36.3 Å². The summed E-state index contributed by atoms with van der Waals surface area (Å²) >= 11 is 6.97. The minimum Gasteiger partial charge on any atom is -0.465 e. The second kappa shape index (κ2) is 10.7. The van der Waals surface area contributed by atoms with Gasteiger partial charge in [-0.1, -0.05) is 30.3 Å². The van der Waals surface area contributed by atoms with Gasteiger partial charge in [0.15, 0.2) is 5.11 Å². The summed E-state index contributed by atoms with van der Waals surface area (Å²) in [5.74, 6) is 1.16. The van der Waals surface area contributed by atoms with E-state index in [1.54, 1.807) is 6.07 Å². The lowest BCUT2D eigenvalue weighted by Crippen LogP contribution is -2.20. The molecule has 0 saturated carbocycles. The molecular weight excluding hydrogens is 480 g/mol. The number of thiophene rings is 1. The van der Waals surface area contributed by atoms with Gasteiger partial charge in [-0.15, -0.1) is 11.3 Å². The van der Waals surface area contributed by atoms with Crippen LogP contribution in [0.5, 0.6) is 11.5 Å². The first-order valence-corrected chi connectivity index (χ1v) is 12.2. The summed E-state index contributed by atoms with van der Waals surface area (Å²) in [5, 5.41) is 12.1. The quantitative estimate of drug-likeness (QED) is 0.225. The van der Waals surface area contributed by atoms with E-state index in [1.165, 1.54) is 18.4 Å². The summed E-state index contributed by atoms with van der Waals surface area (Å²) in [5.41, 5.74) is 4.11. The number of esters is 1. The summed E-state index contributed by atoms with van der Waals surface area (Å²) in [7, 11) is 1.36. The zero-order valence-corrected chi connectivity index (χ0v) is 21.5. The highest BCUT2D eigenvalue weighted by Crippen LogP contribution is 2.29. The van der Waals surface area contributed by atoms with E-state index in [2.05, 4.69) is 10.6 Å². The molecule has 0 aliphatic carbocycles. The van der Waals surface area contributed by atoms with Crippen LogP contribution in [0, 0.1) is 20.8 Å². The molecule has 0 aliphatic heterocycles. The van der Waals surface area contributed by atoms with Crippen molar-refractivity contribution in [2.75, 3.05) is 17.7 Å². The summed E-state index contributed by atoms with van der Waals surface area (Å²) in [6.07, 6.45) is 0. The minimum absolute atomic E-state index is 0.376. The van der Waals surface area contributed by atoms with Crippen molar-refractivity contribution >= 4 is 45.3 Å². The Morgan fingerprint density at radius 2 is 1.77 bits per heavy atom. The lowest BCUT2D eigenvalue weighted by Gasteiger charge is -2.11. The number of carbonyl (C=O) groups is 1. The molecule has 0 unspecified atom stereocenters. The predicted octanol–water partition coefficient (Wildman–Crippen LogP) is 6.31. The van der Waals surface area contributed by atoms with E-state index in [-0.39, 0.29) is 0 Å².